The van der Waals surface area contributed by atoms with Crippen molar-refractivity contribution in [1.82, 2.24) is 25.1 Å². The van der Waals surface area contributed by atoms with Gasteiger partial charge in [0.1, 0.15) is 5.82 Å². The number of rotatable bonds is 8. The molecule has 1 aliphatic heterocycles. The Morgan fingerprint density at radius 1 is 0.848 bits per heavy atom. The number of nitrogens with one attached hydrogen (secondary N) is 2. The summed E-state index contributed by atoms with van der Waals surface area (Å²) in [7, 11) is 1.80. The minimum atomic E-state index is 0. The van der Waals surface area contributed by atoms with Crippen LogP contribution in [-0.4, -0.2) is 40.5 Å². The van der Waals surface area contributed by atoms with Gasteiger partial charge in [-0.15, -0.1) is 24.0 Å². The molecule has 33 heavy (non-hydrogen) atoms. The molecule has 6 nitrogen and oxygen atoms in total. The van der Waals surface area contributed by atoms with Crippen molar-refractivity contribution in [3.63, 3.8) is 0 Å². The van der Waals surface area contributed by atoms with E-state index in [0.717, 1.165) is 31.4 Å². The summed E-state index contributed by atoms with van der Waals surface area (Å²) in [5.41, 5.74) is 3.90. The number of imidazole rings is 1. The van der Waals surface area contributed by atoms with E-state index < -0.39 is 0 Å². The number of halogens is 1. The topological polar surface area (TPSA) is 57.5 Å². The largest absolute Gasteiger partial charge is 0.352 e. The average Bonchev–Trinajstić information content (AvgIpc) is 3.28. The van der Waals surface area contributed by atoms with Gasteiger partial charge in [0.25, 0.3) is 0 Å². The molecule has 3 aromatic rings. The van der Waals surface area contributed by atoms with E-state index in [4.69, 9.17) is 0 Å². The Balaban J connectivity index is 0.00000306. The molecule has 0 unspecified atom stereocenters. The van der Waals surface area contributed by atoms with Crippen molar-refractivity contribution in [2.24, 2.45) is 4.99 Å². The van der Waals surface area contributed by atoms with Gasteiger partial charge in [-0.25, -0.2) is 4.98 Å². The SMILES string of the molecule is CN=C(NCc1ccc(CN2CCCCC2)cc1)NCc1nccn1Cc1ccccc1.I. The van der Waals surface area contributed by atoms with Crippen LogP contribution in [0.25, 0.3) is 0 Å². The third-order valence-corrected chi connectivity index (χ3v) is 5.97. The molecule has 0 bridgehead atoms. The van der Waals surface area contributed by atoms with Gasteiger partial charge >= 0.3 is 0 Å². The molecule has 1 aromatic heterocycles. The number of nitrogens with zero attached hydrogens (tertiary/aromatic N) is 4. The zero-order valence-corrected chi connectivity index (χ0v) is 21.7. The Labute approximate surface area is 214 Å². The molecule has 0 saturated carbocycles. The second-order valence-electron chi connectivity index (χ2n) is 8.39. The lowest BCUT2D eigenvalue weighted by Gasteiger charge is -2.26. The van der Waals surface area contributed by atoms with Crippen LogP contribution in [0.1, 0.15) is 41.8 Å². The van der Waals surface area contributed by atoms with E-state index in [1.54, 1.807) is 7.05 Å². The molecule has 2 aromatic carbocycles. The van der Waals surface area contributed by atoms with Crippen molar-refractivity contribution in [1.29, 1.82) is 0 Å². The molecule has 2 heterocycles. The maximum atomic E-state index is 4.51. The number of guanidine groups is 1. The molecule has 1 aliphatic rings. The van der Waals surface area contributed by atoms with Gasteiger partial charge in [-0.3, -0.25) is 9.89 Å². The van der Waals surface area contributed by atoms with Crippen LogP contribution in [0, 0.1) is 0 Å². The van der Waals surface area contributed by atoms with Crippen LogP contribution in [0.5, 0.6) is 0 Å². The fraction of sp³-hybridized carbons (Fsp3) is 0.385. The van der Waals surface area contributed by atoms with E-state index in [0.29, 0.717) is 6.54 Å². The highest BCUT2D eigenvalue weighted by Gasteiger charge is 2.10. The Morgan fingerprint density at radius 2 is 1.52 bits per heavy atom. The van der Waals surface area contributed by atoms with Crippen LogP contribution in [0.3, 0.4) is 0 Å². The zero-order chi connectivity index (χ0) is 22.0. The fourth-order valence-electron chi connectivity index (χ4n) is 4.14. The number of aromatic nitrogens is 2. The summed E-state index contributed by atoms with van der Waals surface area (Å²) in [4.78, 5) is 11.4. The Morgan fingerprint density at radius 3 is 2.24 bits per heavy atom. The van der Waals surface area contributed by atoms with Gasteiger partial charge in [0.2, 0.25) is 0 Å². The summed E-state index contributed by atoms with van der Waals surface area (Å²) in [5.74, 6) is 1.76. The van der Waals surface area contributed by atoms with Gasteiger partial charge in [-0.2, -0.15) is 0 Å². The van der Waals surface area contributed by atoms with Crippen molar-refractivity contribution in [3.05, 3.63) is 89.5 Å². The van der Waals surface area contributed by atoms with Crippen LogP contribution in [0.4, 0.5) is 0 Å². The molecule has 2 N–H and O–H groups in total. The maximum Gasteiger partial charge on any atom is 0.191 e. The molecule has 0 spiro atoms. The molecule has 176 valence electrons. The summed E-state index contributed by atoms with van der Waals surface area (Å²) in [6, 6.07) is 19.4. The van der Waals surface area contributed by atoms with E-state index >= 15 is 0 Å². The molecule has 0 aliphatic carbocycles. The molecule has 1 saturated heterocycles. The number of aliphatic imine (C=N–C) groups is 1. The van der Waals surface area contributed by atoms with E-state index in [-0.39, 0.29) is 24.0 Å². The Bertz CT molecular complexity index is 978. The summed E-state index contributed by atoms with van der Waals surface area (Å²) >= 11 is 0. The third kappa shape index (κ3) is 7.85. The van der Waals surface area contributed by atoms with Crippen LogP contribution < -0.4 is 10.6 Å². The number of hydrogen-bond acceptors (Lipinski definition) is 3. The Kier molecular flexibility index (Phi) is 10.2. The van der Waals surface area contributed by atoms with Gasteiger partial charge in [0, 0.05) is 39.1 Å². The van der Waals surface area contributed by atoms with E-state index in [9.17, 15) is 0 Å². The highest BCUT2D eigenvalue weighted by molar-refractivity contribution is 14.0. The molecule has 0 atom stereocenters. The number of likely N-dealkylation sites (tertiary alicyclic amines) is 1. The summed E-state index contributed by atoms with van der Waals surface area (Å²) in [6.07, 6.45) is 7.92. The highest BCUT2D eigenvalue weighted by Crippen LogP contribution is 2.13. The average molecular weight is 559 g/mol. The molecule has 1 fully saturated rings. The van der Waals surface area contributed by atoms with Crippen molar-refractivity contribution in [2.45, 2.75) is 45.4 Å². The standard InChI is InChI=1S/C26H34N6.HI/c1-27-26(30-19-25-28-14-17-32(25)21-23-8-4-2-5-9-23)29-18-22-10-12-24(13-11-22)20-31-15-6-3-7-16-31;/h2,4-5,8-14,17H,3,6-7,15-16,18-21H2,1H3,(H2,27,29,30);1H. The zero-order valence-electron chi connectivity index (χ0n) is 19.4. The minimum Gasteiger partial charge on any atom is -0.352 e. The fourth-order valence-corrected chi connectivity index (χ4v) is 4.14. The summed E-state index contributed by atoms with van der Waals surface area (Å²) < 4.78 is 2.16. The van der Waals surface area contributed by atoms with Gasteiger partial charge in [-0.1, -0.05) is 61.0 Å². The molecular formula is C26H35IN6. The lowest BCUT2D eigenvalue weighted by atomic mass is 10.1. The second kappa shape index (κ2) is 13.3. The van der Waals surface area contributed by atoms with Crippen molar-refractivity contribution in [2.75, 3.05) is 20.1 Å². The monoisotopic (exact) mass is 558 g/mol. The molecule has 0 radical (unpaired) electrons. The summed E-state index contributed by atoms with van der Waals surface area (Å²) in [6.45, 7) is 5.69. The second-order valence-corrected chi connectivity index (χ2v) is 8.39. The number of hydrogen-bond donors (Lipinski definition) is 2. The number of benzene rings is 2. The smallest absolute Gasteiger partial charge is 0.191 e. The van der Waals surface area contributed by atoms with Crippen molar-refractivity contribution < 1.29 is 0 Å². The van der Waals surface area contributed by atoms with Gasteiger partial charge in [0.05, 0.1) is 6.54 Å². The Hall–Kier alpha value is -2.39. The highest BCUT2D eigenvalue weighted by atomic mass is 127. The van der Waals surface area contributed by atoms with Gasteiger partial charge < -0.3 is 15.2 Å². The first-order valence-electron chi connectivity index (χ1n) is 11.6. The lowest BCUT2D eigenvalue weighted by Crippen LogP contribution is -2.37. The predicted octanol–water partition coefficient (Wildman–Crippen LogP) is 4.40. The maximum absolute atomic E-state index is 4.51. The summed E-state index contributed by atoms with van der Waals surface area (Å²) in [5, 5.41) is 6.79. The van der Waals surface area contributed by atoms with Crippen LogP contribution >= 0.6 is 24.0 Å². The van der Waals surface area contributed by atoms with E-state index in [1.807, 2.05) is 18.5 Å². The van der Waals surface area contributed by atoms with Crippen molar-refractivity contribution in [3.8, 4) is 0 Å². The van der Waals surface area contributed by atoms with E-state index in [1.165, 1.54) is 49.0 Å². The first-order chi connectivity index (χ1) is 15.8. The van der Waals surface area contributed by atoms with Gasteiger partial charge in [0.15, 0.2) is 5.96 Å². The lowest BCUT2D eigenvalue weighted by molar-refractivity contribution is 0.221. The molecule has 0 amide bonds. The molecule has 7 heteroatoms. The molecule has 4 rings (SSSR count). The third-order valence-electron chi connectivity index (χ3n) is 5.97. The number of piperidine rings is 1. The van der Waals surface area contributed by atoms with Crippen LogP contribution in [0.15, 0.2) is 72.0 Å². The predicted molar refractivity (Wildman–Crippen MR) is 146 cm³/mol. The quantitative estimate of drug-likeness (QED) is 0.245. The van der Waals surface area contributed by atoms with Crippen LogP contribution in [0.2, 0.25) is 0 Å². The van der Waals surface area contributed by atoms with Crippen LogP contribution in [-0.2, 0) is 26.2 Å². The normalized spacial score (nSPS) is 14.5. The van der Waals surface area contributed by atoms with Gasteiger partial charge in [-0.05, 0) is 42.6 Å². The van der Waals surface area contributed by atoms with Crippen molar-refractivity contribution >= 4 is 29.9 Å². The van der Waals surface area contributed by atoms with E-state index in [2.05, 4.69) is 78.6 Å². The minimum absolute atomic E-state index is 0. The molecular weight excluding hydrogens is 523 g/mol. The first-order valence-corrected chi connectivity index (χ1v) is 11.6. The first kappa shape index (κ1) is 25.2.